The number of halogens is 1. The molecular formula is C19H25FN2O2. The molecule has 1 aromatic rings. The molecule has 130 valence electrons. The van der Waals surface area contributed by atoms with Gasteiger partial charge in [-0.3, -0.25) is 9.59 Å². The second-order valence-electron chi connectivity index (χ2n) is 7.15. The molecule has 1 aliphatic heterocycles. The summed E-state index contributed by atoms with van der Waals surface area (Å²) in [5, 5.41) is 6.14. The highest BCUT2D eigenvalue weighted by Gasteiger charge is 2.43. The summed E-state index contributed by atoms with van der Waals surface area (Å²) in [7, 11) is 0. The SMILES string of the molecule is CCC1C(=O)NC2CC(NC(=O)c3cccc(F)c3)CCC2C1C. The first-order valence-corrected chi connectivity index (χ1v) is 8.86. The summed E-state index contributed by atoms with van der Waals surface area (Å²) in [6.45, 7) is 4.24. The molecule has 3 rings (SSSR count). The van der Waals surface area contributed by atoms with Crippen molar-refractivity contribution in [2.45, 2.75) is 51.6 Å². The van der Waals surface area contributed by atoms with Crippen molar-refractivity contribution in [2.24, 2.45) is 17.8 Å². The van der Waals surface area contributed by atoms with Crippen molar-refractivity contribution in [1.82, 2.24) is 10.6 Å². The fourth-order valence-corrected chi connectivity index (χ4v) is 4.40. The van der Waals surface area contributed by atoms with E-state index in [1.54, 1.807) is 6.07 Å². The molecule has 24 heavy (non-hydrogen) atoms. The Morgan fingerprint density at radius 1 is 1.38 bits per heavy atom. The number of hydrogen-bond acceptors (Lipinski definition) is 2. The second-order valence-corrected chi connectivity index (χ2v) is 7.15. The summed E-state index contributed by atoms with van der Waals surface area (Å²) in [6, 6.07) is 5.87. The van der Waals surface area contributed by atoms with Crippen LogP contribution in [0.2, 0.25) is 0 Å². The Morgan fingerprint density at radius 3 is 2.88 bits per heavy atom. The van der Waals surface area contributed by atoms with Crippen molar-refractivity contribution in [3.8, 4) is 0 Å². The van der Waals surface area contributed by atoms with E-state index >= 15 is 0 Å². The van der Waals surface area contributed by atoms with Crippen molar-refractivity contribution in [1.29, 1.82) is 0 Å². The lowest BCUT2D eigenvalue weighted by molar-refractivity contribution is -0.133. The Labute approximate surface area is 142 Å². The highest BCUT2D eigenvalue weighted by Crippen LogP contribution is 2.38. The molecular weight excluding hydrogens is 307 g/mol. The maximum atomic E-state index is 13.3. The van der Waals surface area contributed by atoms with E-state index in [-0.39, 0.29) is 29.8 Å². The quantitative estimate of drug-likeness (QED) is 0.894. The largest absolute Gasteiger partial charge is 0.353 e. The van der Waals surface area contributed by atoms with Crippen molar-refractivity contribution in [3.05, 3.63) is 35.6 Å². The average Bonchev–Trinajstić information content (AvgIpc) is 2.55. The van der Waals surface area contributed by atoms with Gasteiger partial charge in [-0.25, -0.2) is 4.39 Å². The summed E-state index contributed by atoms with van der Waals surface area (Å²) < 4.78 is 13.3. The Kier molecular flexibility index (Phi) is 4.88. The van der Waals surface area contributed by atoms with Gasteiger partial charge in [-0.2, -0.15) is 0 Å². The number of nitrogens with one attached hydrogen (secondary N) is 2. The molecule has 1 aliphatic carbocycles. The molecule has 0 bridgehead atoms. The monoisotopic (exact) mass is 332 g/mol. The molecule has 0 spiro atoms. The predicted molar refractivity (Wildman–Crippen MR) is 89.9 cm³/mol. The highest BCUT2D eigenvalue weighted by molar-refractivity contribution is 5.94. The Hall–Kier alpha value is -1.91. The fraction of sp³-hybridized carbons (Fsp3) is 0.579. The maximum absolute atomic E-state index is 13.3. The van der Waals surface area contributed by atoms with Crippen molar-refractivity contribution in [2.75, 3.05) is 0 Å². The summed E-state index contributed by atoms with van der Waals surface area (Å²) in [5.74, 6) is 0.446. The van der Waals surface area contributed by atoms with E-state index in [0.29, 0.717) is 17.4 Å². The van der Waals surface area contributed by atoms with Crippen LogP contribution in [0.4, 0.5) is 4.39 Å². The van der Waals surface area contributed by atoms with E-state index in [4.69, 9.17) is 0 Å². The third kappa shape index (κ3) is 3.30. The van der Waals surface area contributed by atoms with Crippen LogP contribution in [0.5, 0.6) is 0 Å². The van der Waals surface area contributed by atoms with Crippen LogP contribution in [-0.2, 0) is 4.79 Å². The minimum absolute atomic E-state index is 0.0210. The van der Waals surface area contributed by atoms with Crippen LogP contribution in [0, 0.1) is 23.6 Å². The summed E-state index contributed by atoms with van der Waals surface area (Å²) in [5.41, 5.74) is 0.337. The number of fused-ring (bicyclic) bond motifs is 1. The maximum Gasteiger partial charge on any atom is 0.251 e. The van der Waals surface area contributed by atoms with Crippen LogP contribution in [0.3, 0.4) is 0 Å². The Balaban J connectivity index is 1.63. The molecule has 2 fully saturated rings. The standard InChI is InChI=1S/C19H25FN2O2/c1-3-15-11(2)16-8-7-14(10-17(16)22-19(15)24)21-18(23)12-5-4-6-13(20)9-12/h4-6,9,11,14-17H,3,7-8,10H2,1-2H3,(H,21,23)(H,22,24). The number of carbonyl (C=O) groups is 2. The molecule has 5 unspecified atom stereocenters. The number of rotatable bonds is 3. The zero-order chi connectivity index (χ0) is 17.3. The highest BCUT2D eigenvalue weighted by atomic mass is 19.1. The van der Waals surface area contributed by atoms with Gasteiger partial charge in [0.15, 0.2) is 0 Å². The van der Waals surface area contributed by atoms with Gasteiger partial charge in [0, 0.05) is 23.6 Å². The second kappa shape index (κ2) is 6.91. The van der Waals surface area contributed by atoms with Crippen LogP contribution in [0.15, 0.2) is 24.3 Å². The first-order valence-electron chi connectivity index (χ1n) is 8.86. The Morgan fingerprint density at radius 2 is 2.17 bits per heavy atom. The van der Waals surface area contributed by atoms with Gasteiger partial charge < -0.3 is 10.6 Å². The van der Waals surface area contributed by atoms with Crippen LogP contribution in [0.25, 0.3) is 0 Å². The van der Waals surface area contributed by atoms with Gasteiger partial charge in [0.1, 0.15) is 5.82 Å². The predicted octanol–water partition coefficient (Wildman–Crippen LogP) is 2.88. The number of benzene rings is 1. The average molecular weight is 332 g/mol. The first kappa shape index (κ1) is 16.9. The van der Waals surface area contributed by atoms with Crippen LogP contribution >= 0.6 is 0 Å². The van der Waals surface area contributed by atoms with Crippen molar-refractivity contribution in [3.63, 3.8) is 0 Å². The third-order valence-corrected chi connectivity index (χ3v) is 5.74. The van der Waals surface area contributed by atoms with Crippen molar-refractivity contribution >= 4 is 11.8 Å². The van der Waals surface area contributed by atoms with E-state index in [2.05, 4.69) is 24.5 Å². The van der Waals surface area contributed by atoms with Crippen LogP contribution in [0.1, 0.15) is 49.9 Å². The minimum Gasteiger partial charge on any atom is -0.353 e. The van der Waals surface area contributed by atoms with Gasteiger partial charge in [0.2, 0.25) is 5.91 Å². The van der Waals surface area contributed by atoms with Gasteiger partial charge >= 0.3 is 0 Å². The minimum atomic E-state index is -0.412. The van der Waals surface area contributed by atoms with Gasteiger partial charge in [-0.05, 0) is 55.7 Å². The molecule has 5 heteroatoms. The van der Waals surface area contributed by atoms with Gasteiger partial charge in [-0.1, -0.05) is 19.9 Å². The third-order valence-electron chi connectivity index (χ3n) is 5.74. The van der Waals surface area contributed by atoms with E-state index in [9.17, 15) is 14.0 Å². The van der Waals surface area contributed by atoms with Crippen LogP contribution < -0.4 is 10.6 Å². The number of amides is 2. The number of carbonyl (C=O) groups excluding carboxylic acids is 2. The topological polar surface area (TPSA) is 58.2 Å². The summed E-state index contributed by atoms with van der Waals surface area (Å²) >= 11 is 0. The molecule has 2 N–H and O–H groups in total. The molecule has 0 radical (unpaired) electrons. The van der Waals surface area contributed by atoms with E-state index < -0.39 is 5.82 Å². The molecule has 4 nitrogen and oxygen atoms in total. The first-order chi connectivity index (χ1) is 11.5. The zero-order valence-electron chi connectivity index (χ0n) is 14.2. The normalized spacial score (nSPS) is 32.6. The fourth-order valence-electron chi connectivity index (χ4n) is 4.40. The molecule has 1 saturated carbocycles. The molecule has 2 amide bonds. The lowest BCUT2D eigenvalue weighted by Gasteiger charge is -2.46. The zero-order valence-corrected chi connectivity index (χ0v) is 14.2. The molecule has 0 aromatic heterocycles. The lowest BCUT2D eigenvalue weighted by Crippen LogP contribution is -2.58. The van der Waals surface area contributed by atoms with E-state index in [0.717, 1.165) is 25.7 Å². The summed E-state index contributed by atoms with van der Waals surface area (Å²) in [6.07, 6.45) is 3.52. The molecule has 5 atom stereocenters. The number of hydrogen-bond donors (Lipinski definition) is 2. The lowest BCUT2D eigenvalue weighted by atomic mass is 9.67. The van der Waals surface area contributed by atoms with Gasteiger partial charge in [0.05, 0.1) is 0 Å². The smallest absolute Gasteiger partial charge is 0.251 e. The summed E-state index contributed by atoms with van der Waals surface area (Å²) in [4.78, 5) is 24.5. The Bertz CT molecular complexity index is 634. The van der Waals surface area contributed by atoms with Crippen molar-refractivity contribution < 1.29 is 14.0 Å². The molecule has 1 saturated heterocycles. The van der Waals surface area contributed by atoms with E-state index in [1.807, 2.05) is 0 Å². The van der Waals surface area contributed by atoms with Crippen LogP contribution in [-0.4, -0.2) is 23.9 Å². The van der Waals surface area contributed by atoms with Gasteiger partial charge in [0.25, 0.3) is 5.91 Å². The van der Waals surface area contributed by atoms with Gasteiger partial charge in [-0.15, -0.1) is 0 Å². The number of piperidine rings is 1. The molecule has 1 aromatic carbocycles. The molecule has 2 aliphatic rings. The van der Waals surface area contributed by atoms with E-state index in [1.165, 1.54) is 18.2 Å². The molecule has 1 heterocycles.